The van der Waals surface area contributed by atoms with Crippen molar-refractivity contribution in [1.29, 1.82) is 0 Å². The summed E-state index contributed by atoms with van der Waals surface area (Å²) in [4.78, 5) is 0. The normalized spacial score (nSPS) is 10.2. The quantitative estimate of drug-likeness (QED) is 0.785. The average molecular weight is 226 g/mol. The highest BCUT2D eigenvalue weighted by atomic mass is 14.9. The molecule has 3 N–H and O–H groups in total. The molecule has 0 saturated carbocycles. The summed E-state index contributed by atoms with van der Waals surface area (Å²) in [5.74, 6) is 0. The third-order valence-corrected chi connectivity index (χ3v) is 2.83. The summed E-state index contributed by atoms with van der Waals surface area (Å²) in [5.41, 5.74) is 10.4. The zero-order chi connectivity index (χ0) is 12.1. The lowest BCUT2D eigenvalue weighted by molar-refractivity contribution is 1.02. The monoisotopic (exact) mass is 226 g/mol. The van der Waals surface area contributed by atoms with Crippen LogP contribution >= 0.6 is 0 Å². The van der Waals surface area contributed by atoms with Crippen LogP contribution in [-0.2, 0) is 6.42 Å². The first-order valence-corrected chi connectivity index (χ1v) is 5.89. The van der Waals surface area contributed by atoms with E-state index in [0.29, 0.717) is 0 Å². The molecule has 0 aliphatic carbocycles. The molecule has 2 aromatic rings. The minimum atomic E-state index is 0.873. The second kappa shape index (κ2) is 5.39. The van der Waals surface area contributed by atoms with E-state index < -0.39 is 0 Å². The number of rotatable bonds is 4. The smallest absolute Gasteiger partial charge is 0.0347 e. The van der Waals surface area contributed by atoms with Crippen LogP contribution in [0.1, 0.15) is 11.1 Å². The zero-order valence-corrected chi connectivity index (χ0v) is 10.1. The van der Waals surface area contributed by atoms with E-state index in [2.05, 4.69) is 42.6 Å². The fourth-order valence-corrected chi connectivity index (χ4v) is 1.77. The highest BCUT2D eigenvalue weighted by molar-refractivity contribution is 5.48. The lowest BCUT2D eigenvalue weighted by atomic mass is 10.1. The van der Waals surface area contributed by atoms with Gasteiger partial charge in [-0.15, -0.1) is 0 Å². The summed E-state index contributed by atoms with van der Waals surface area (Å²) in [5, 5.41) is 3.39. The van der Waals surface area contributed by atoms with E-state index in [1.165, 1.54) is 11.1 Å². The van der Waals surface area contributed by atoms with E-state index in [-0.39, 0.29) is 0 Å². The van der Waals surface area contributed by atoms with Gasteiger partial charge in [-0.1, -0.05) is 35.9 Å². The van der Waals surface area contributed by atoms with E-state index in [0.717, 1.165) is 24.3 Å². The molecule has 2 heteroatoms. The van der Waals surface area contributed by atoms with Crippen molar-refractivity contribution in [1.82, 2.24) is 0 Å². The largest absolute Gasteiger partial charge is 0.399 e. The fraction of sp³-hybridized carbons (Fsp3) is 0.200. The number of anilines is 2. The van der Waals surface area contributed by atoms with Gasteiger partial charge in [0.05, 0.1) is 0 Å². The van der Waals surface area contributed by atoms with Gasteiger partial charge in [0, 0.05) is 17.9 Å². The third kappa shape index (κ3) is 3.25. The Labute approximate surface area is 102 Å². The van der Waals surface area contributed by atoms with Crippen molar-refractivity contribution in [3.8, 4) is 0 Å². The number of hydrogen-bond donors (Lipinski definition) is 2. The van der Waals surface area contributed by atoms with Crippen LogP contribution in [0.25, 0.3) is 0 Å². The Kier molecular flexibility index (Phi) is 3.66. The van der Waals surface area contributed by atoms with E-state index >= 15 is 0 Å². The lowest BCUT2D eigenvalue weighted by Gasteiger charge is -2.08. The molecule has 0 unspecified atom stereocenters. The number of aryl methyl sites for hydroxylation is 1. The summed E-state index contributed by atoms with van der Waals surface area (Å²) >= 11 is 0. The van der Waals surface area contributed by atoms with Gasteiger partial charge in [-0.25, -0.2) is 0 Å². The summed E-state index contributed by atoms with van der Waals surface area (Å²) in [6.45, 7) is 2.99. The highest BCUT2D eigenvalue weighted by Gasteiger charge is 1.97. The highest BCUT2D eigenvalue weighted by Crippen LogP contribution is 2.12. The van der Waals surface area contributed by atoms with Crippen molar-refractivity contribution in [3.05, 3.63) is 59.7 Å². The van der Waals surface area contributed by atoms with Crippen LogP contribution in [0.3, 0.4) is 0 Å². The van der Waals surface area contributed by atoms with Gasteiger partial charge in [0.2, 0.25) is 0 Å². The predicted octanol–water partition coefficient (Wildman–Crippen LogP) is 3.23. The van der Waals surface area contributed by atoms with Gasteiger partial charge in [-0.2, -0.15) is 0 Å². The molecule has 0 amide bonds. The van der Waals surface area contributed by atoms with Crippen LogP contribution in [0.5, 0.6) is 0 Å². The van der Waals surface area contributed by atoms with Gasteiger partial charge < -0.3 is 11.1 Å². The Morgan fingerprint density at radius 1 is 1.00 bits per heavy atom. The van der Waals surface area contributed by atoms with Crippen LogP contribution in [0.4, 0.5) is 11.4 Å². The molecule has 0 atom stereocenters. The zero-order valence-electron chi connectivity index (χ0n) is 10.1. The predicted molar refractivity (Wildman–Crippen MR) is 74.2 cm³/mol. The van der Waals surface area contributed by atoms with Crippen molar-refractivity contribution < 1.29 is 0 Å². The summed E-state index contributed by atoms with van der Waals surface area (Å²) in [6.07, 6.45) is 0.945. The Morgan fingerprint density at radius 2 is 1.71 bits per heavy atom. The summed E-state index contributed by atoms with van der Waals surface area (Å²) < 4.78 is 0. The molecule has 0 bridgehead atoms. The standard InChI is InChI=1S/C15H18N2/c1-12-6-8-14(9-7-12)17-11-10-13-4-2-3-5-15(13)16/h2-9,17H,10-11,16H2,1H3. The van der Waals surface area contributed by atoms with Crippen molar-refractivity contribution in [2.75, 3.05) is 17.6 Å². The maximum absolute atomic E-state index is 5.89. The Hall–Kier alpha value is -1.96. The van der Waals surface area contributed by atoms with Gasteiger partial charge in [-0.05, 0) is 37.1 Å². The van der Waals surface area contributed by atoms with Gasteiger partial charge in [-0.3, -0.25) is 0 Å². The first-order valence-electron chi connectivity index (χ1n) is 5.89. The van der Waals surface area contributed by atoms with E-state index in [9.17, 15) is 0 Å². The van der Waals surface area contributed by atoms with E-state index in [1.807, 2.05) is 18.2 Å². The SMILES string of the molecule is Cc1ccc(NCCc2ccccc2N)cc1. The molecule has 2 rings (SSSR count). The number of nitrogen functional groups attached to an aromatic ring is 1. The molecule has 0 radical (unpaired) electrons. The van der Waals surface area contributed by atoms with Crippen LogP contribution < -0.4 is 11.1 Å². The van der Waals surface area contributed by atoms with Crippen molar-refractivity contribution >= 4 is 11.4 Å². The molecule has 0 fully saturated rings. The minimum absolute atomic E-state index is 0.873. The number of para-hydroxylation sites is 1. The van der Waals surface area contributed by atoms with Gasteiger partial charge in [0.1, 0.15) is 0 Å². The van der Waals surface area contributed by atoms with Crippen LogP contribution in [0, 0.1) is 6.92 Å². The van der Waals surface area contributed by atoms with E-state index in [4.69, 9.17) is 5.73 Å². The fourth-order valence-electron chi connectivity index (χ4n) is 1.77. The van der Waals surface area contributed by atoms with Gasteiger partial charge in [0.15, 0.2) is 0 Å². The van der Waals surface area contributed by atoms with Crippen molar-refractivity contribution in [2.45, 2.75) is 13.3 Å². The maximum Gasteiger partial charge on any atom is 0.0347 e. The molecular weight excluding hydrogens is 208 g/mol. The molecule has 17 heavy (non-hydrogen) atoms. The van der Waals surface area contributed by atoms with Crippen molar-refractivity contribution in [2.24, 2.45) is 0 Å². The molecule has 0 aliphatic rings. The van der Waals surface area contributed by atoms with Crippen LogP contribution in [0.2, 0.25) is 0 Å². The maximum atomic E-state index is 5.89. The average Bonchev–Trinajstić information content (AvgIpc) is 2.34. The first kappa shape index (κ1) is 11.5. The van der Waals surface area contributed by atoms with Gasteiger partial charge >= 0.3 is 0 Å². The van der Waals surface area contributed by atoms with E-state index in [1.54, 1.807) is 0 Å². The number of nitrogens with one attached hydrogen (secondary N) is 1. The number of nitrogens with two attached hydrogens (primary N) is 1. The molecule has 0 aromatic heterocycles. The van der Waals surface area contributed by atoms with Crippen LogP contribution in [0.15, 0.2) is 48.5 Å². The summed E-state index contributed by atoms with van der Waals surface area (Å²) in [6, 6.07) is 16.4. The third-order valence-electron chi connectivity index (χ3n) is 2.83. The molecule has 2 aromatic carbocycles. The Morgan fingerprint density at radius 3 is 2.41 bits per heavy atom. The molecule has 0 spiro atoms. The summed E-state index contributed by atoms with van der Waals surface area (Å²) in [7, 11) is 0. The Bertz CT molecular complexity index is 475. The van der Waals surface area contributed by atoms with Crippen molar-refractivity contribution in [3.63, 3.8) is 0 Å². The number of benzene rings is 2. The lowest BCUT2D eigenvalue weighted by Crippen LogP contribution is -2.06. The molecular formula is C15H18N2. The molecule has 0 saturated heterocycles. The Balaban J connectivity index is 1.88. The first-order chi connectivity index (χ1) is 8.25. The van der Waals surface area contributed by atoms with Gasteiger partial charge in [0.25, 0.3) is 0 Å². The minimum Gasteiger partial charge on any atom is -0.399 e. The topological polar surface area (TPSA) is 38.0 Å². The molecule has 2 nitrogen and oxygen atoms in total. The molecule has 0 heterocycles. The second-order valence-corrected chi connectivity index (χ2v) is 4.24. The number of hydrogen-bond acceptors (Lipinski definition) is 2. The van der Waals surface area contributed by atoms with Crippen LogP contribution in [-0.4, -0.2) is 6.54 Å². The molecule has 0 aliphatic heterocycles. The molecule has 88 valence electrons. The second-order valence-electron chi connectivity index (χ2n) is 4.24.